The maximum Gasteiger partial charge on any atom is 0.119 e. The highest BCUT2D eigenvalue weighted by Crippen LogP contribution is 2.34. The summed E-state index contributed by atoms with van der Waals surface area (Å²) >= 11 is 0. The first-order chi connectivity index (χ1) is 8.22. The Kier molecular flexibility index (Phi) is 3.48. The maximum atomic E-state index is 10.00. The molecule has 1 nitrogen and oxygen atoms in total. The molecule has 0 aromatic heterocycles. The van der Waals surface area contributed by atoms with Gasteiger partial charge in [0.25, 0.3) is 0 Å². The maximum absolute atomic E-state index is 10.00. The molecule has 0 radical (unpaired) electrons. The van der Waals surface area contributed by atoms with Gasteiger partial charge in [0.05, 0.1) is 0 Å². The van der Waals surface area contributed by atoms with Gasteiger partial charge in [-0.1, -0.05) is 55.0 Å². The summed E-state index contributed by atoms with van der Waals surface area (Å²) in [5.41, 5.74) is 3.47. The van der Waals surface area contributed by atoms with Crippen molar-refractivity contribution in [1.82, 2.24) is 0 Å². The second kappa shape index (κ2) is 5.05. The third kappa shape index (κ3) is 2.50. The Morgan fingerprint density at radius 3 is 2.41 bits per heavy atom. The van der Waals surface area contributed by atoms with Crippen LogP contribution in [0.25, 0.3) is 0 Å². The molecule has 1 atom stereocenters. The van der Waals surface area contributed by atoms with Gasteiger partial charge in [0, 0.05) is 11.5 Å². The fourth-order valence-electron chi connectivity index (χ4n) is 2.27. The number of rotatable bonds is 3. The van der Waals surface area contributed by atoms with E-state index in [1.54, 1.807) is 6.07 Å². The fourth-order valence-corrected chi connectivity index (χ4v) is 2.27. The van der Waals surface area contributed by atoms with Crippen molar-refractivity contribution in [2.45, 2.75) is 26.2 Å². The quantitative estimate of drug-likeness (QED) is 0.829. The molecule has 0 heterocycles. The van der Waals surface area contributed by atoms with Gasteiger partial charge < -0.3 is 5.11 Å². The molecule has 2 rings (SSSR count). The lowest BCUT2D eigenvalue weighted by molar-refractivity contribution is 0.463. The molecule has 0 aliphatic rings. The minimum atomic E-state index is 0.274. The highest BCUT2D eigenvalue weighted by Gasteiger charge is 2.15. The first-order valence-corrected chi connectivity index (χ1v) is 6.07. The van der Waals surface area contributed by atoms with Gasteiger partial charge in [-0.2, -0.15) is 0 Å². The summed E-state index contributed by atoms with van der Waals surface area (Å²) in [6, 6.07) is 16.2. The molecule has 2 aromatic carbocycles. The van der Waals surface area contributed by atoms with E-state index in [0.717, 1.165) is 12.0 Å². The normalized spacial score (nSPS) is 12.4. The zero-order valence-electron chi connectivity index (χ0n) is 10.4. The van der Waals surface area contributed by atoms with Crippen molar-refractivity contribution in [3.05, 3.63) is 65.2 Å². The molecule has 0 saturated carbocycles. The molecule has 0 saturated heterocycles. The van der Waals surface area contributed by atoms with E-state index in [-0.39, 0.29) is 5.92 Å². The van der Waals surface area contributed by atoms with Crippen LogP contribution >= 0.6 is 0 Å². The van der Waals surface area contributed by atoms with E-state index in [0.29, 0.717) is 5.75 Å². The summed E-state index contributed by atoms with van der Waals surface area (Å²) in [6.45, 7) is 4.21. The van der Waals surface area contributed by atoms with Crippen molar-refractivity contribution >= 4 is 0 Å². The average Bonchev–Trinajstić information content (AvgIpc) is 2.36. The van der Waals surface area contributed by atoms with E-state index >= 15 is 0 Å². The second-order valence-corrected chi connectivity index (χ2v) is 4.43. The number of phenols is 1. The molecular weight excluding hydrogens is 208 g/mol. The number of benzene rings is 2. The molecule has 1 N–H and O–H groups in total. The second-order valence-electron chi connectivity index (χ2n) is 4.43. The summed E-state index contributed by atoms with van der Waals surface area (Å²) in [6.07, 6.45) is 0.987. The first-order valence-electron chi connectivity index (χ1n) is 6.07. The molecule has 88 valence electrons. The van der Waals surface area contributed by atoms with Gasteiger partial charge in [-0.25, -0.2) is 0 Å². The Labute approximate surface area is 103 Å². The van der Waals surface area contributed by atoms with Gasteiger partial charge in [0.1, 0.15) is 5.75 Å². The number of aryl methyl sites for hydroxylation is 1. The van der Waals surface area contributed by atoms with Crippen LogP contribution < -0.4 is 0 Å². The lowest BCUT2D eigenvalue weighted by Crippen LogP contribution is -2.00. The smallest absolute Gasteiger partial charge is 0.119 e. The Balaban J connectivity index is 2.46. The minimum absolute atomic E-state index is 0.274. The van der Waals surface area contributed by atoms with Crippen LogP contribution in [0.1, 0.15) is 36.0 Å². The van der Waals surface area contributed by atoms with E-state index < -0.39 is 0 Å². The van der Waals surface area contributed by atoms with E-state index in [1.165, 1.54) is 11.1 Å². The van der Waals surface area contributed by atoms with E-state index in [2.05, 4.69) is 32.0 Å². The number of aromatic hydroxyl groups is 1. The van der Waals surface area contributed by atoms with Gasteiger partial charge in [-0.3, -0.25) is 0 Å². The summed E-state index contributed by atoms with van der Waals surface area (Å²) < 4.78 is 0. The summed E-state index contributed by atoms with van der Waals surface area (Å²) in [7, 11) is 0. The lowest BCUT2D eigenvalue weighted by atomic mass is 9.88. The third-order valence-electron chi connectivity index (χ3n) is 3.17. The molecular formula is C16H18O. The number of hydrogen-bond donors (Lipinski definition) is 1. The predicted molar refractivity (Wildman–Crippen MR) is 71.4 cm³/mol. The van der Waals surface area contributed by atoms with E-state index in [9.17, 15) is 5.11 Å². The first kappa shape index (κ1) is 11.7. The zero-order chi connectivity index (χ0) is 12.3. The van der Waals surface area contributed by atoms with Gasteiger partial charge in [-0.05, 0) is 25.0 Å². The highest BCUT2D eigenvalue weighted by molar-refractivity contribution is 5.43. The fraction of sp³-hybridized carbons (Fsp3) is 0.250. The molecule has 17 heavy (non-hydrogen) atoms. The Morgan fingerprint density at radius 2 is 1.76 bits per heavy atom. The molecule has 0 aliphatic heterocycles. The van der Waals surface area contributed by atoms with Crippen molar-refractivity contribution in [1.29, 1.82) is 0 Å². The van der Waals surface area contributed by atoms with Crippen LogP contribution in [-0.2, 0) is 0 Å². The van der Waals surface area contributed by atoms with Crippen molar-refractivity contribution < 1.29 is 5.11 Å². The van der Waals surface area contributed by atoms with Gasteiger partial charge in [0.15, 0.2) is 0 Å². The monoisotopic (exact) mass is 226 g/mol. The molecule has 0 bridgehead atoms. The summed E-state index contributed by atoms with van der Waals surface area (Å²) in [5.74, 6) is 0.669. The molecule has 1 heteroatoms. The van der Waals surface area contributed by atoms with E-state index in [1.807, 2.05) is 24.3 Å². The lowest BCUT2D eigenvalue weighted by Gasteiger charge is -2.17. The van der Waals surface area contributed by atoms with Crippen LogP contribution in [0.2, 0.25) is 0 Å². The Bertz CT molecular complexity index is 488. The number of phenolic OH excluding ortho intramolecular Hbond substituents is 1. The largest absolute Gasteiger partial charge is 0.508 e. The third-order valence-corrected chi connectivity index (χ3v) is 3.17. The van der Waals surface area contributed by atoms with Crippen molar-refractivity contribution in [3.63, 3.8) is 0 Å². The van der Waals surface area contributed by atoms with Gasteiger partial charge >= 0.3 is 0 Å². The molecule has 1 unspecified atom stereocenters. The van der Waals surface area contributed by atoms with Crippen molar-refractivity contribution in [2.24, 2.45) is 0 Å². The standard InChI is InChI=1S/C16H18O/c1-3-14(13-7-5-4-6-8-13)15-11-12(2)9-10-16(15)17/h4-11,14,17H,3H2,1-2H3. The Hall–Kier alpha value is -1.76. The van der Waals surface area contributed by atoms with E-state index in [4.69, 9.17) is 0 Å². The van der Waals surface area contributed by atoms with Gasteiger partial charge in [-0.15, -0.1) is 0 Å². The van der Waals surface area contributed by atoms with Crippen molar-refractivity contribution in [3.8, 4) is 5.75 Å². The number of hydrogen-bond acceptors (Lipinski definition) is 1. The van der Waals surface area contributed by atoms with Crippen molar-refractivity contribution in [2.75, 3.05) is 0 Å². The van der Waals surface area contributed by atoms with Crippen LogP contribution in [0.15, 0.2) is 48.5 Å². The molecule has 0 spiro atoms. The molecule has 2 aromatic rings. The predicted octanol–water partition coefficient (Wildman–Crippen LogP) is 4.24. The molecule has 0 aliphatic carbocycles. The zero-order valence-corrected chi connectivity index (χ0v) is 10.4. The van der Waals surface area contributed by atoms with Crippen LogP contribution in [-0.4, -0.2) is 5.11 Å². The van der Waals surface area contributed by atoms with Crippen LogP contribution in [0.4, 0.5) is 0 Å². The molecule has 0 fully saturated rings. The average molecular weight is 226 g/mol. The SMILES string of the molecule is CCC(c1ccccc1)c1cc(C)ccc1O. The molecule has 0 amide bonds. The highest BCUT2D eigenvalue weighted by atomic mass is 16.3. The summed E-state index contributed by atoms with van der Waals surface area (Å²) in [5, 5.41) is 10.00. The van der Waals surface area contributed by atoms with Crippen LogP contribution in [0.5, 0.6) is 5.75 Å². The van der Waals surface area contributed by atoms with Gasteiger partial charge in [0.2, 0.25) is 0 Å². The minimum Gasteiger partial charge on any atom is -0.508 e. The summed E-state index contributed by atoms with van der Waals surface area (Å²) in [4.78, 5) is 0. The Morgan fingerprint density at radius 1 is 1.06 bits per heavy atom. The topological polar surface area (TPSA) is 20.2 Å². The van der Waals surface area contributed by atoms with Crippen LogP contribution in [0, 0.1) is 6.92 Å². The van der Waals surface area contributed by atoms with Crippen LogP contribution in [0.3, 0.4) is 0 Å².